The van der Waals surface area contributed by atoms with Crippen molar-refractivity contribution in [1.29, 1.82) is 0 Å². The van der Waals surface area contributed by atoms with Gasteiger partial charge in [-0.25, -0.2) is 4.79 Å². The summed E-state index contributed by atoms with van der Waals surface area (Å²) in [5.74, 6) is -0.190. The van der Waals surface area contributed by atoms with Crippen LogP contribution in [0.25, 0.3) is 0 Å². The molecular formula is C17H32O3. The number of hydrogen-bond acceptors (Lipinski definition) is 3. The molecule has 0 spiro atoms. The molecule has 0 bridgehead atoms. The van der Waals surface area contributed by atoms with Crippen molar-refractivity contribution in [2.45, 2.75) is 89.6 Å². The lowest BCUT2D eigenvalue weighted by Crippen LogP contribution is -2.25. The highest BCUT2D eigenvalue weighted by atomic mass is 16.6. The number of carbonyl (C=O) groups excluding carboxylic acids is 1. The van der Waals surface area contributed by atoms with Crippen LogP contribution < -0.4 is 0 Å². The van der Waals surface area contributed by atoms with Crippen molar-refractivity contribution in [2.24, 2.45) is 0 Å². The Kier molecular flexibility index (Phi) is 8.92. The van der Waals surface area contributed by atoms with Crippen molar-refractivity contribution in [3.63, 3.8) is 0 Å². The van der Waals surface area contributed by atoms with Gasteiger partial charge < -0.3 is 9.47 Å². The third-order valence-electron chi connectivity index (χ3n) is 4.23. The number of methoxy groups -OCH3 is 1. The van der Waals surface area contributed by atoms with Crippen molar-refractivity contribution in [1.82, 2.24) is 0 Å². The van der Waals surface area contributed by atoms with E-state index < -0.39 is 5.60 Å². The molecule has 1 aliphatic rings. The molecule has 20 heavy (non-hydrogen) atoms. The van der Waals surface area contributed by atoms with Crippen LogP contribution in [0.2, 0.25) is 0 Å². The molecule has 0 aliphatic carbocycles. The average Bonchev–Trinajstić information content (AvgIpc) is 3.25. The fraction of sp³-hybridized carbons (Fsp3) is 0.941. The van der Waals surface area contributed by atoms with E-state index >= 15 is 0 Å². The number of hydrogen-bond donors (Lipinski definition) is 0. The maximum absolute atomic E-state index is 11.5. The first-order chi connectivity index (χ1) is 9.75. The molecule has 0 unspecified atom stereocenters. The molecule has 0 aromatic carbocycles. The van der Waals surface area contributed by atoms with Gasteiger partial charge >= 0.3 is 5.97 Å². The second-order valence-electron chi connectivity index (χ2n) is 6.06. The van der Waals surface area contributed by atoms with Crippen LogP contribution in [0.3, 0.4) is 0 Å². The monoisotopic (exact) mass is 284 g/mol. The Morgan fingerprint density at radius 3 is 1.80 bits per heavy atom. The molecule has 0 aromatic rings. The molecular weight excluding hydrogens is 252 g/mol. The van der Waals surface area contributed by atoms with E-state index in [1.807, 2.05) is 0 Å². The summed E-state index contributed by atoms with van der Waals surface area (Å²) < 4.78 is 10.0. The molecule has 1 saturated heterocycles. The smallest absolute Gasteiger partial charge is 0.340 e. The van der Waals surface area contributed by atoms with Crippen LogP contribution in [0, 0.1) is 0 Å². The predicted octanol–water partition coefficient (Wildman–Crippen LogP) is 4.63. The summed E-state index contributed by atoms with van der Waals surface area (Å²) in [6.45, 7) is 2.81. The van der Waals surface area contributed by atoms with E-state index in [4.69, 9.17) is 9.47 Å². The van der Waals surface area contributed by atoms with Crippen LogP contribution >= 0.6 is 0 Å². The van der Waals surface area contributed by atoms with Crippen LogP contribution in [-0.4, -0.2) is 25.3 Å². The fourth-order valence-electron chi connectivity index (χ4n) is 2.71. The fourth-order valence-corrected chi connectivity index (χ4v) is 2.71. The number of unbranched alkanes of at least 4 members (excludes halogenated alkanes) is 10. The average molecular weight is 284 g/mol. The van der Waals surface area contributed by atoms with Gasteiger partial charge in [-0.1, -0.05) is 71.1 Å². The van der Waals surface area contributed by atoms with Gasteiger partial charge in [-0.05, 0) is 12.8 Å². The van der Waals surface area contributed by atoms with Gasteiger partial charge in [0.2, 0.25) is 0 Å². The molecule has 1 atom stereocenters. The van der Waals surface area contributed by atoms with E-state index in [9.17, 15) is 4.79 Å². The molecule has 0 radical (unpaired) electrons. The Bertz CT molecular complexity index is 259. The highest BCUT2D eigenvalue weighted by Crippen LogP contribution is 2.34. The van der Waals surface area contributed by atoms with Crippen LogP contribution in [0.4, 0.5) is 0 Å². The molecule has 118 valence electrons. The van der Waals surface area contributed by atoms with Crippen molar-refractivity contribution in [3.05, 3.63) is 0 Å². The van der Waals surface area contributed by atoms with Gasteiger partial charge in [0.15, 0.2) is 5.60 Å². The lowest BCUT2D eigenvalue weighted by molar-refractivity contribution is -0.147. The Morgan fingerprint density at radius 2 is 1.40 bits per heavy atom. The maximum Gasteiger partial charge on any atom is 0.340 e. The van der Waals surface area contributed by atoms with Crippen molar-refractivity contribution in [2.75, 3.05) is 13.7 Å². The number of ether oxygens (including phenoxy) is 2. The van der Waals surface area contributed by atoms with Gasteiger partial charge in [0.1, 0.15) is 0 Å². The van der Waals surface area contributed by atoms with Crippen LogP contribution in [0.5, 0.6) is 0 Å². The molecule has 1 heterocycles. The number of epoxide rings is 1. The van der Waals surface area contributed by atoms with Gasteiger partial charge in [-0.3, -0.25) is 0 Å². The molecule has 1 fully saturated rings. The number of carbonyl (C=O) groups is 1. The minimum atomic E-state index is -0.561. The van der Waals surface area contributed by atoms with Crippen LogP contribution in [-0.2, 0) is 14.3 Å². The van der Waals surface area contributed by atoms with Gasteiger partial charge in [0.05, 0.1) is 13.7 Å². The van der Waals surface area contributed by atoms with Gasteiger partial charge in [0.25, 0.3) is 0 Å². The van der Waals surface area contributed by atoms with Crippen molar-refractivity contribution < 1.29 is 14.3 Å². The predicted molar refractivity (Wildman–Crippen MR) is 81.8 cm³/mol. The third-order valence-corrected chi connectivity index (χ3v) is 4.23. The Labute approximate surface area is 124 Å². The Morgan fingerprint density at radius 1 is 0.950 bits per heavy atom. The van der Waals surface area contributed by atoms with Gasteiger partial charge in [-0.15, -0.1) is 0 Å². The van der Waals surface area contributed by atoms with E-state index in [0.29, 0.717) is 6.61 Å². The van der Waals surface area contributed by atoms with E-state index in [1.54, 1.807) is 0 Å². The largest absolute Gasteiger partial charge is 0.467 e. The minimum Gasteiger partial charge on any atom is -0.467 e. The van der Waals surface area contributed by atoms with Crippen LogP contribution in [0.1, 0.15) is 84.0 Å². The SMILES string of the molecule is CCCCCCCCCCCCC[C@@]1(C(=O)OC)CO1. The molecule has 0 saturated carbocycles. The van der Waals surface area contributed by atoms with E-state index in [1.165, 1.54) is 71.3 Å². The topological polar surface area (TPSA) is 38.8 Å². The summed E-state index contributed by atoms with van der Waals surface area (Å²) in [5, 5.41) is 0. The molecule has 0 N–H and O–H groups in total. The maximum atomic E-state index is 11.5. The second kappa shape index (κ2) is 10.2. The van der Waals surface area contributed by atoms with Crippen molar-refractivity contribution >= 4 is 5.97 Å². The number of esters is 1. The summed E-state index contributed by atoms with van der Waals surface area (Å²) >= 11 is 0. The first-order valence-corrected chi connectivity index (χ1v) is 8.47. The summed E-state index contributed by atoms with van der Waals surface area (Å²) in [6, 6.07) is 0. The number of rotatable bonds is 13. The highest BCUT2D eigenvalue weighted by Gasteiger charge is 2.52. The molecule has 0 aromatic heterocycles. The zero-order valence-electron chi connectivity index (χ0n) is 13.4. The summed E-state index contributed by atoms with van der Waals surface area (Å²) in [7, 11) is 1.44. The van der Waals surface area contributed by atoms with E-state index in [0.717, 1.165) is 12.8 Å². The normalized spacial score (nSPS) is 20.9. The lowest BCUT2D eigenvalue weighted by Gasteiger charge is -2.08. The molecule has 3 heteroatoms. The van der Waals surface area contributed by atoms with E-state index in [-0.39, 0.29) is 5.97 Å². The first kappa shape index (κ1) is 17.5. The third kappa shape index (κ3) is 6.74. The van der Waals surface area contributed by atoms with Gasteiger partial charge in [0, 0.05) is 0 Å². The summed E-state index contributed by atoms with van der Waals surface area (Å²) in [5.41, 5.74) is -0.561. The molecule has 0 amide bonds. The Hall–Kier alpha value is -0.570. The molecule has 3 nitrogen and oxygen atoms in total. The second-order valence-corrected chi connectivity index (χ2v) is 6.06. The standard InChI is InChI=1S/C17H32O3/c1-3-4-5-6-7-8-9-10-11-12-13-14-17(15-20-17)16(18)19-2/h3-15H2,1-2H3/t17-/m0/s1. The summed E-state index contributed by atoms with van der Waals surface area (Å²) in [6.07, 6.45) is 15.4. The quantitative estimate of drug-likeness (QED) is 0.281. The van der Waals surface area contributed by atoms with Crippen molar-refractivity contribution in [3.8, 4) is 0 Å². The minimum absolute atomic E-state index is 0.190. The zero-order valence-corrected chi connectivity index (χ0v) is 13.4. The molecule has 1 aliphatic heterocycles. The van der Waals surface area contributed by atoms with E-state index in [2.05, 4.69) is 6.92 Å². The highest BCUT2D eigenvalue weighted by molar-refractivity contribution is 5.82. The summed E-state index contributed by atoms with van der Waals surface area (Å²) in [4.78, 5) is 11.5. The Balaban J connectivity index is 1.82. The molecule has 1 rings (SSSR count). The first-order valence-electron chi connectivity index (χ1n) is 8.47. The van der Waals surface area contributed by atoms with Gasteiger partial charge in [-0.2, -0.15) is 0 Å². The lowest BCUT2D eigenvalue weighted by atomic mass is 10.0. The van der Waals surface area contributed by atoms with Crippen LogP contribution in [0.15, 0.2) is 0 Å². The zero-order chi connectivity index (χ0) is 14.7.